The Hall–Kier alpha value is -2.89. The number of hydrogen-bond acceptors (Lipinski definition) is 7. The number of nitrogens with zero attached hydrogens (tertiary/aromatic N) is 1. The highest BCUT2D eigenvalue weighted by Crippen LogP contribution is 2.32. The lowest BCUT2D eigenvalue weighted by Gasteiger charge is -2.20. The van der Waals surface area contributed by atoms with Crippen LogP contribution in [0.25, 0.3) is 0 Å². The molecule has 1 aliphatic heterocycles. The molecule has 0 aliphatic carbocycles. The van der Waals surface area contributed by atoms with Crippen LogP contribution >= 0.6 is 0 Å². The van der Waals surface area contributed by atoms with Crippen molar-refractivity contribution < 1.29 is 41.3 Å². The summed E-state index contributed by atoms with van der Waals surface area (Å²) in [5, 5.41) is 0. The Labute approximate surface area is 177 Å². The maximum Gasteiger partial charge on any atom is 0.491 e. The molecular weight excluding hydrogens is 439 g/mol. The fraction of sp³-hybridized carbons (Fsp3) is 0.250. The normalized spacial score (nSPS) is 15.5. The third-order valence-electron chi connectivity index (χ3n) is 4.57. The van der Waals surface area contributed by atoms with E-state index < -0.39 is 35.3 Å². The highest BCUT2D eigenvalue weighted by Gasteiger charge is 2.42. The number of alkyl halides is 3. The molecule has 2 N–H and O–H groups in total. The van der Waals surface area contributed by atoms with Gasteiger partial charge < -0.3 is 9.47 Å². The summed E-state index contributed by atoms with van der Waals surface area (Å²) in [6.07, 6.45) is -2.98. The maximum atomic E-state index is 12.7. The SMILES string of the molecule is COC(=O)c1ccc2c(c1)CC(Cc1ccc([S+](O)O)cc1OC(=O)C(F)(F)F)C=N2. The monoisotopic (exact) mass is 456 g/mol. The van der Waals surface area contributed by atoms with Gasteiger partial charge in [0, 0.05) is 24.3 Å². The molecule has 0 saturated carbocycles. The minimum absolute atomic E-state index is 0.0981. The molecule has 1 heterocycles. The molecule has 11 heteroatoms. The van der Waals surface area contributed by atoms with E-state index in [2.05, 4.69) is 9.73 Å². The zero-order chi connectivity index (χ0) is 22.8. The van der Waals surface area contributed by atoms with Gasteiger partial charge in [0.2, 0.25) is 4.90 Å². The van der Waals surface area contributed by atoms with Gasteiger partial charge in [-0.25, -0.2) is 9.59 Å². The minimum atomic E-state index is -5.21. The molecule has 2 aromatic rings. The van der Waals surface area contributed by atoms with E-state index in [0.29, 0.717) is 17.7 Å². The maximum absolute atomic E-state index is 12.7. The van der Waals surface area contributed by atoms with Crippen LogP contribution in [0, 0.1) is 5.92 Å². The Balaban J connectivity index is 1.86. The second-order valence-corrected chi connectivity index (χ2v) is 7.70. The number of rotatable bonds is 5. The van der Waals surface area contributed by atoms with Crippen molar-refractivity contribution in [2.75, 3.05) is 7.11 Å². The van der Waals surface area contributed by atoms with E-state index in [1.165, 1.54) is 19.2 Å². The number of hydrogen-bond donors (Lipinski definition) is 2. The quantitative estimate of drug-likeness (QED) is 0.401. The van der Waals surface area contributed by atoms with Gasteiger partial charge in [0.25, 0.3) is 0 Å². The molecule has 0 spiro atoms. The van der Waals surface area contributed by atoms with E-state index in [0.717, 1.165) is 11.6 Å². The van der Waals surface area contributed by atoms with Crippen LogP contribution in [0.15, 0.2) is 46.3 Å². The van der Waals surface area contributed by atoms with E-state index in [-0.39, 0.29) is 22.8 Å². The van der Waals surface area contributed by atoms with Crippen LogP contribution in [0.5, 0.6) is 5.75 Å². The molecule has 0 radical (unpaired) electrons. The number of aliphatic imine (C=N–C) groups is 1. The van der Waals surface area contributed by atoms with Crippen molar-refractivity contribution in [3.8, 4) is 5.75 Å². The summed E-state index contributed by atoms with van der Waals surface area (Å²) in [4.78, 5) is 27.3. The molecule has 7 nitrogen and oxygen atoms in total. The number of fused-ring (bicyclic) bond motifs is 1. The van der Waals surface area contributed by atoms with Crippen molar-refractivity contribution in [3.05, 3.63) is 53.1 Å². The highest BCUT2D eigenvalue weighted by atomic mass is 32.2. The number of carbonyl (C=O) groups is 2. The third kappa shape index (κ3) is 5.43. The van der Waals surface area contributed by atoms with Gasteiger partial charge in [-0.1, -0.05) is 6.07 Å². The van der Waals surface area contributed by atoms with Gasteiger partial charge in [0.05, 0.1) is 18.4 Å². The number of benzene rings is 2. The lowest BCUT2D eigenvalue weighted by Crippen LogP contribution is -2.28. The summed E-state index contributed by atoms with van der Waals surface area (Å²) in [5.74, 6) is -3.60. The van der Waals surface area contributed by atoms with E-state index in [4.69, 9.17) is 4.74 Å². The molecule has 0 bridgehead atoms. The topological polar surface area (TPSA) is 105 Å². The lowest BCUT2D eigenvalue weighted by molar-refractivity contribution is -0.189. The number of ether oxygens (including phenoxy) is 2. The molecule has 0 aromatic heterocycles. The van der Waals surface area contributed by atoms with Gasteiger partial charge >= 0.3 is 29.6 Å². The minimum Gasteiger partial charge on any atom is -0.465 e. The van der Waals surface area contributed by atoms with Crippen molar-refractivity contribution in [2.45, 2.75) is 23.9 Å². The molecule has 2 aromatic carbocycles. The molecule has 0 amide bonds. The van der Waals surface area contributed by atoms with Crippen LogP contribution in [0.1, 0.15) is 21.5 Å². The summed E-state index contributed by atoms with van der Waals surface area (Å²) < 4.78 is 65.8. The average molecular weight is 456 g/mol. The fourth-order valence-electron chi connectivity index (χ4n) is 3.12. The zero-order valence-electron chi connectivity index (χ0n) is 16.0. The van der Waals surface area contributed by atoms with Gasteiger partial charge in [0.1, 0.15) is 5.75 Å². The molecular formula is C20H17F3NO6S+. The molecule has 164 valence electrons. The second kappa shape index (κ2) is 9.08. The van der Waals surface area contributed by atoms with Crippen LogP contribution in [-0.4, -0.2) is 40.5 Å². The molecule has 3 rings (SSSR count). The van der Waals surface area contributed by atoms with E-state index >= 15 is 0 Å². The van der Waals surface area contributed by atoms with Gasteiger partial charge in [0.15, 0.2) is 0 Å². The molecule has 31 heavy (non-hydrogen) atoms. The average Bonchev–Trinajstić information content (AvgIpc) is 2.72. The standard InChI is InChI=1S/C20H17F3NO6S/c1-29-18(25)13-3-5-16-14(8-13)7-11(10-24-16)6-12-2-4-15(31(27)28)9-17(12)30-19(26)20(21,22)23/h2-5,8-11,27-28H,6-7H2,1H3/q+1. The smallest absolute Gasteiger partial charge is 0.465 e. The van der Waals surface area contributed by atoms with Gasteiger partial charge in [-0.15, -0.1) is 0 Å². The zero-order valence-corrected chi connectivity index (χ0v) is 16.9. The van der Waals surface area contributed by atoms with Crippen LogP contribution in [-0.2, 0) is 33.8 Å². The molecule has 0 saturated heterocycles. The van der Waals surface area contributed by atoms with E-state index in [1.807, 2.05) is 0 Å². The Morgan fingerprint density at radius 1 is 1.19 bits per heavy atom. The predicted molar refractivity (Wildman–Crippen MR) is 106 cm³/mol. The van der Waals surface area contributed by atoms with E-state index in [9.17, 15) is 31.9 Å². The third-order valence-corrected chi connectivity index (χ3v) is 5.25. The molecule has 1 unspecified atom stereocenters. The van der Waals surface area contributed by atoms with Crippen LogP contribution in [0.2, 0.25) is 0 Å². The van der Waals surface area contributed by atoms with Gasteiger partial charge in [-0.3, -0.25) is 4.99 Å². The first-order valence-corrected chi connectivity index (χ1v) is 10.0. The fourth-order valence-corrected chi connectivity index (χ4v) is 3.52. The van der Waals surface area contributed by atoms with Crippen molar-refractivity contribution >= 4 is 35.3 Å². The van der Waals surface area contributed by atoms with Crippen molar-refractivity contribution in [1.29, 1.82) is 0 Å². The Morgan fingerprint density at radius 2 is 1.94 bits per heavy atom. The Bertz CT molecular complexity index is 1040. The number of carbonyl (C=O) groups excluding carboxylic acids is 2. The largest absolute Gasteiger partial charge is 0.491 e. The molecule has 0 fully saturated rings. The highest BCUT2D eigenvalue weighted by molar-refractivity contribution is 7.86. The summed E-state index contributed by atoms with van der Waals surface area (Å²) in [6, 6.07) is 8.58. The number of methoxy groups -OCH3 is 1. The summed E-state index contributed by atoms with van der Waals surface area (Å²) in [5.41, 5.74) is 2.02. The van der Waals surface area contributed by atoms with Crippen LogP contribution in [0.3, 0.4) is 0 Å². The first kappa shape index (κ1) is 22.8. The Morgan fingerprint density at radius 3 is 2.58 bits per heavy atom. The van der Waals surface area contributed by atoms with Gasteiger partial charge in [-0.2, -0.15) is 22.3 Å². The first-order valence-electron chi connectivity index (χ1n) is 8.88. The van der Waals surface area contributed by atoms with Crippen molar-refractivity contribution in [3.63, 3.8) is 0 Å². The van der Waals surface area contributed by atoms with Crippen molar-refractivity contribution in [1.82, 2.24) is 0 Å². The van der Waals surface area contributed by atoms with Crippen LogP contribution in [0.4, 0.5) is 18.9 Å². The first-order chi connectivity index (χ1) is 14.6. The molecule has 1 aliphatic rings. The Kier molecular flexibility index (Phi) is 6.68. The number of esters is 2. The summed E-state index contributed by atoms with van der Waals surface area (Å²) in [7, 11) is 1.26. The van der Waals surface area contributed by atoms with Gasteiger partial charge in [-0.05, 0) is 42.2 Å². The predicted octanol–water partition coefficient (Wildman–Crippen LogP) is 3.98. The van der Waals surface area contributed by atoms with E-state index in [1.54, 1.807) is 24.4 Å². The van der Waals surface area contributed by atoms with Crippen LogP contribution < -0.4 is 4.74 Å². The summed E-state index contributed by atoms with van der Waals surface area (Å²) in [6.45, 7) is 0. The second-order valence-electron chi connectivity index (χ2n) is 6.70. The van der Waals surface area contributed by atoms with Crippen molar-refractivity contribution in [2.24, 2.45) is 10.9 Å². The number of halogens is 3. The lowest BCUT2D eigenvalue weighted by atomic mass is 9.89. The molecule has 1 atom stereocenters. The summed E-state index contributed by atoms with van der Waals surface area (Å²) >= 11 is -2.22.